The summed E-state index contributed by atoms with van der Waals surface area (Å²) in [6, 6.07) is 9.29. The van der Waals surface area contributed by atoms with E-state index in [4.69, 9.17) is 0 Å². The molecule has 0 unspecified atom stereocenters. The molecule has 0 spiro atoms. The van der Waals surface area contributed by atoms with Crippen molar-refractivity contribution in [3.05, 3.63) is 35.4 Å². The molecule has 1 heteroatoms. The van der Waals surface area contributed by atoms with E-state index in [9.17, 15) is 0 Å². The lowest BCUT2D eigenvalue weighted by molar-refractivity contribution is 0.666. The fourth-order valence-electron chi connectivity index (χ4n) is 2.05. The molecule has 0 saturated heterocycles. The lowest BCUT2D eigenvalue weighted by Crippen LogP contribution is -1.89. The zero-order chi connectivity index (χ0) is 12.3. The molecule has 0 aromatic heterocycles. The maximum Gasteiger partial charge on any atom is -0.000461 e. The van der Waals surface area contributed by atoms with Crippen LogP contribution in [-0.2, 0) is 12.8 Å². The van der Waals surface area contributed by atoms with Gasteiger partial charge in [-0.15, -0.1) is 0 Å². The quantitative estimate of drug-likeness (QED) is 0.312. The number of benzene rings is 1. The molecule has 0 fully saturated rings. The van der Waals surface area contributed by atoms with Crippen LogP contribution in [0.4, 0.5) is 0 Å². The lowest BCUT2D eigenvalue weighted by atomic mass is 10.0. The number of hydrogen-bond acceptors (Lipinski definition) is 0. The monoisotopic (exact) mass is 344 g/mol. The molecular formula is C16H25I. The number of aryl methyl sites for hydroxylation is 2. The van der Waals surface area contributed by atoms with Crippen LogP contribution in [-0.4, -0.2) is 4.43 Å². The van der Waals surface area contributed by atoms with Crippen LogP contribution in [0.2, 0.25) is 0 Å². The molecule has 0 aliphatic heterocycles. The van der Waals surface area contributed by atoms with Gasteiger partial charge in [0.2, 0.25) is 0 Å². The van der Waals surface area contributed by atoms with Gasteiger partial charge in [-0.05, 0) is 47.7 Å². The first kappa shape index (κ1) is 15.0. The predicted molar refractivity (Wildman–Crippen MR) is 86.1 cm³/mol. The zero-order valence-electron chi connectivity index (χ0n) is 11.1. The fourth-order valence-corrected chi connectivity index (χ4v) is 2.59. The van der Waals surface area contributed by atoms with Crippen molar-refractivity contribution in [2.24, 2.45) is 0 Å². The van der Waals surface area contributed by atoms with Gasteiger partial charge in [0.05, 0.1) is 0 Å². The van der Waals surface area contributed by atoms with Crippen LogP contribution in [0.25, 0.3) is 0 Å². The molecule has 0 N–H and O–H groups in total. The molecule has 0 bridgehead atoms. The van der Waals surface area contributed by atoms with Gasteiger partial charge in [0, 0.05) is 0 Å². The molecule has 0 amide bonds. The first-order valence-electron chi connectivity index (χ1n) is 7.00. The minimum Gasteiger partial charge on any atom is -0.0864 e. The molecule has 1 aromatic rings. The summed E-state index contributed by atoms with van der Waals surface area (Å²) in [7, 11) is 0. The highest BCUT2D eigenvalue weighted by molar-refractivity contribution is 14.1. The third-order valence-electron chi connectivity index (χ3n) is 3.19. The standard InChI is InChI=1S/C16H25I/c1-2-3-4-5-8-15-10-12-16(13-11-15)9-6-7-14-17/h10-13H,2-9,14H2,1H3. The molecule has 1 rings (SSSR count). The van der Waals surface area contributed by atoms with E-state index in [1.165, 1.54) is 66.9 Å². The number of alkyl halides is 1. The Morgan fingerprint density at radius 2 is 1.29 bits per heavy atom. The van der Waals surface area contributed by atoms with Gasteiger partial charge in [0.15, 0.2) is 0 Å². The van der Waals surface area contributed by atoms with Crippen molar-refractivity contribution in [3.63, 3.8) is 0 Å². The van der Waals surface area contributed by atoms with E-state index in [-0.39, 0.29) is 0 Å². The van der Waals surface area contributed by atoms with Crippen LogP contribution in [0.15, 0.2) is 24.3 Å². The number of halogens is 1. The molecular weight excluding hydrogens is 319 g/mol. The van der Waals surface area contributed by atoms with Crippen LogP contribution >= 0.6 is 22.6 Å². The summed E-state index contributed by atoms with van der Waals surface area (Å²) < 4.78 is 1.28. The van der Waals surface area contributed by atoms with Gasteiger partial charge >= 0.3 is 0 Å². The fraction of sp³-hybridized carbons (Fsp3) is 0.625. The smallest absolute Gasteiger partial charge is 0.000461 e. The summed E-state index contributed by atoms with van der Waals surface area (Å²) in [6.45, 7) is 2.27. The second-order valence-corrected chi connectivity index (χ2v) is 5.85. The van der Waals surface area contributed by atoms with Crippen molar-refractivity contribution in [1.29, 1.82) is 0 Å². The molecule has 17 heavy (non-hydrogen) atoms. The number of hydrogen-bond donors (Lipinski definition) is 0. The van der Waals surface area contributed by atoms with Gasteiger partial charge in [-0.25, -0.2) is 0 Å². The van der Waals surface area contributed by atoms with Gasteiger partial charge in [-0.1, -0.05) is 73.0 Å². The largest absolute Gasteiger partial charge is 0.0864 e. The molecule has 0 aliphatic carbocycles. The van der Waals surface area contributed by atoms with E-state index < -0.39 is 0 Å². The second kappa shape index (κ2) is 9.93. The van der Waals surface area contributed by atoms with Gasteiger partial charge < -0.3 is 0 Å². The summed E-state index contributed by atoms with van der Waals surface area (Å²) in [5, 5.41) is 0. The third kappa shape index (κ3) is 7.07. The molecule has 0 radical (unpaired) electrons. The average molecular weight is 344 g/mol. The molecule has 0 nitrogen and oxygen atoms in total. The van der Waals surface area contributed by atoms with E-state index in [1.54, 1.807) is 0 Å². The SMILES string of the molecule is CCCCCCc1ccc(CCCCI)cc1. The van der Waals surface area contributed by atoms with Crippen LogP contribution in [0, 0.1) is 0 Å². The summed E-state index contributed by atoms with van der Waals surface area (Å²) in [4.78, 5) is 0. The summed E-state index contributed by atoms with van der Waals surface area (Å²) in [5.41, 5.74) is 3.02. The van der Waals surface area contributed by atoms with Gasteiger partial charge in [-0.3, -0.25) is 0 Å². The normalized spacial score (nSPS) is 10.7. The van der Waals surface area contributed by atoms with Crippen molar-refractivity contribution in [2.75, 3.05) is 4.43 Å². The summed E-state index contributed by atoms with van der Waals surface area (Å²) in [6.07, 6.45) is 10.6. The zero-order valence-corrected chi connectivity index (χ0v) is 13.2. The highest BCUT2D eigenvalue weighted by Crippen LogP contribution is 2.11. The number of unbranched alkanes of at least 4 members (excludes halogenated alkanes) is 4. The summed E-state index contributed by atoms with van der Waals surface area (Å²) in [5.74, 6) is 0. The van der Waals surface area contributed by atoms with E-state index in [2.05, 4.69) is 53.8 Å². The molecule has 0 saturated carbocycles. The van der Waals surface area contributed by atoms with E-state index >= 15 is 0 Å². The van der Waals surface area contributed by atoms with E-state index in [1.807, 2.05) is 0 Å². The highest BCUT2D eigenvalue weighted by atomic mass is 127. The van der Waals surface area contributed by atoms with Crippen molar-refractivity contribution in [1.82, 2.24) is 0 Å². The van der Waals surface area contributed by atoms with Crippen molar-refractivity contribution < 1.29 is 0 Å². The van der Waals surface area contributed by atoms with Gasteiger partial charge in [0.25, 0.3) is 0 Å². The Morgan fingerprint density at radius 1 is 0.765 bits per heavy atom. The number of rotatable bonds is 9. The minimum atomic E-state index is 1.25. The molecule has 0 heterocycles. The maximum atomic E-state index is 2.46. The van der Waals surface area contributed by atoms with E-state index in [0.717, 1.165) is 0 Å². The Bertz CT molecular complexity index is 276. The van der Waals surface area contributed by atoms with Crippen LogP contribution in [0.1, 0.15) is 56.6 Å². The first-order valence-corrected chi connectivity index (χ1v) is 8.53. The minimum absolute atomic E-state index is 1.25. The second-order valence-electron chi connectivity index (χ2n) is 4.77. The Balaban J connectivity index is 2.24. The van der Waals surface area contributed by atoms with Crippen LogP contribution < -0.4 is 0 Å². The van der Waals surface area contributed by atoms with Crippen LogP contribution in [0.5, 0.6) is 0 Å². The van der Waals surface area contributed by atoms with E-state index in [0.29, 0.717) is 0 Å². The van der Waals surface area contributed by atoms with Crippen molar-refractivity contribution >= 4 is 22.6 Å². The molecule has 1 aromatic carbocycles. The molecule has 0 aliphatic rings. The Hall–Kier alpha value is -0.0500. The summed E-state index contributed by atoms with van der Waals surface area (Å²) >= 11 is 2.46. The topological polar surface area (TPSA) is 0 Å². The van der Waals surface area contributed by atoms with Crippen molar-refractivity contribution in [3.8, 4) is 0 Å². The Morgan fingerprint density at radius 3 is 1.76 bits per heavy atom. The van der Waals surface area contributed by atoms with Crippen LogP contribution in [0.3, 0.4) is 0 Å². The average Bonchev–Trinajstić information content (AvgIpc) is 2.37. The molecule has 0 atom stereocenters. The third-order valence-corrected chi connectivity index (χ3v) is 3.95. The van der Waals surface area contributed by atoms with Gasteiger partial charge in [-0.2, -0.15) is 0 Å². The first-order chi connectivity index (χ1) is 8.36. The highest BCUT2D eigenvalue weighted by Gasteiger charge is 1.96. The predicted octanol–water partition coefficient (Wildman–Crippen LogP) is 5.57. The lowest BCUT2D eigenvalue weighted by Gasteiger charge is -2.04. The Labute approximate surface area is 120 Å². The van der Waals surface area contributed by atoms with Crippen molar-refractivity contribution in [2.45, 2.75) is 58.3 Å². The maximum absolute atomic E-state index is 2.46. The Kier molecular flexibility index (Phi) is 8.76. The van der Waals surface area contributed by atoms with Gasteiger partial charge in [0.1, 0.15) is 0 Å². The molecule has 96 valence electrons.